The lowest BCUT2D eigenvalue weighted by atomic mass is 10.1. The van der Waals surface area contributed by atoms with Gasteiger partial charge in [-0.2, -0.15) is 4.31 Å². The Kier molecular flexibility index (Phi) is 4.47. The maximum Gasteiger partial charge on any atom is 0.247 e. The molecular formula is C17H21N3O3S. The minimum Gasteiger partial charge on any atom is -0.369 e. The first-order chi connectivity index (χ1) is 11.4. The number of sulfonamides is 1. The van der Waals surface area contributed by atoms with Crippen LogP contribution in [0.4, 0.5) is 5.69 Å². The molecule has 0 bridgehead atoms. The van der Waals surface area contributed by atoms with Gasteiger partial charge < -0.3 is 9.88 Å². The summed E-state index contributed by atoms with van der Waals surface area (Å²) in [7, 11) is -3.57. The van der Waals surface area contributed by atoms with Crippen molar-refractivity contribution in [3.05, 3.63) is 58.0 Å². The third-order valence-electron chi connectivity index (χ3n) is 4.55. The zero-order valence-corrected chi connectivity index (χ0v) is 14.6. The monoisotopic (exact) mass is 347 g/mol. The minimum atomic E-state index is -3.57. The van der Waals surface area contributed by atoms with Crippen LogP contribution in [0.15, 0.2) is 46.2 Å². The van der Waals surface area contributed by atoms with Gasteiger partial charge in [-0.1, -0.05) is 12.1 Å². The van der Waals surface area contributed by atoms with E-state index in [1.807, 2.05) is 6.07 Å². The summed E-state index contributed by atoms with van der Waals surface area (Å²) in [5, 5.41) is 0. The number of benzene rings is 1. The number of aromatic nitrogens is 1. The highest BCUT2D eigenvalue weighted by Gasteiger charge is 2.29. The molecule has 1 aliphatic rings. The average Bonchev–Trinajstić information content (AvgIpc) is 2.58. The summed E-state index contributed by atoms with van der Waals surface area (Å²) in [5.74, 6) is 0. The van der Waals surface area contributed by atoms with E-state index in [2.05, 4.69) is 35.9 Å². The van der Waals surface area contributed by atoms with Gasteiger partial charge in [-0.25, -0.2) is 8.42 Å². The Morgan fingerprint density at radius 1 is 1.00 bits per heavy atom. The summed E-state index contributed by atoms with van der Waals surface area (Å²) >= 11 is 0. The van der Waals surface area contributed by atoms with E-state index in [4.69, 9.17) is 0 Å². The van der Waals surface area contributed by atoms with Crippen molar-refractivity contribution in [2.45, 2.75) is 18.7 Å². The van der Waals surface area contributed by atoms with E-state index in [1.165, 1.54) is 33.8 Å². The fraction of sp³-hybridized carbons (Fsp3) is 0.353. The van der Waals surface area contributed by atoms with E-state index in [0.29, 0.717) is 26.2 Å². The second kappa shape index (κ2) is 6.41. The van der Waals surface area contributed by atoms with Crippen LogP contribution in [0.1, 0.15) is 11.1 Å². The van der Waals surface area contributed by atoms with Crippen LogP contribution in [0.2, 0.25) is 0 Å². The van der Waals surface area contributed by atoms with Crippen LogP contribution >= 0.6 is 0 Å². The summed E-state index contributed by atoms with van der Waals surface area (Å²) in [6.07, 6.45) is 1.26. The van der Waals surface area contributed by atoms with Gasteiger partial charge in [0, 0.05) is 44.1 Å². The molecule has 1 aromatic heterocycles. The molecule has 0 spiro atoms. The van der Waals surface area contributed by atoms with E-state index in [-0.39, 0.29) is 10.5 Å². The first-order valence-corrected chi connectivity index (χ1v) is 9.33. The molecule has 0 aliphatic carbocycles. The van der Waals surface area contributed by atoms with Crippen molar-refractivity contribution in [3.8, 4) is 0 Å². The molecule has 7 heteroatoms. The van der Waals surface area contributed by atoms with E-state index >= 15 is 0 Å². The predicted octanol–water partition coefficient (Wildman–Crippen LogP) is 1.50. The number of rotatable bonds is 3. The number of piperazine rings is 1. The first-order valence-electron chi connectivity index (χ1n) is 7.89. The number of aromatic amines is 1. The largest absolute Gasteiger partial charge is 0.369 e. The number of hydrogen-bond donors (Lipinski definition) is 1. The molecule has 1 saturated heterocycles. The Labute approximate surface area is 141 Å². The molecule has 2 aromatic rings. The number of H-pyrrole nitrogens is 1. The molecule has 1 aromatic carbocycles. The third kappa shape index (κ3) is 3.09. The molecular weight excluding hydrogens is 326 g/mol. The molecule has 1 aliphatic heterocycles. The third-order valence-corrected chi connectivity index (χ3v) is 6.44. The van der Waals surface area contributed by atoms with Crippen LogP contribution in [0.5, 0.6) is 0 Å². The highest BCUT2D eigenvalue weighted by Crippen LogP contribution is 2.25. The van der Waals surface area contributed by atoms with Crippen molar-refractivity contribution in [2.75, 3.05) is 31.1 Å². The van der Waals surface area contributed by atoms with Gasteiger partial charge in [-0.05, 0) is 37.1 Å². The van der Waals surface area contributed by atoms with E-state index < -0.39 is 10.0 Å². The zero-order valence-electron chi connectivity index (χ0n) is 13.8. The van der Waals surface area contributed by atoms with Crippen molar-refractivity contribution >= 4 is 15.7 Å². The maximum absolute atomic E-state index is 12.6. The lowest BCUT2D eigenvalue weighted by Crippen LogP contribution is -2.48. The Morgan fingerprint density at radius 2 is 1.71 bits per heavy atom. The van der Waals surface area contributed by atoms with Gasteiger partial charge >= 0.3 is 0 Å². The number of nitrogens with zero attached hydrogens (tertiary/aromatic N) is 2. The Morgan fingerprint density at radius 3 is 2.33 bits per heavy atom. The van der Waals surface area contributed by atoms with Crippen molar-refractivity contribution in [1.29, 1.82) is 0 Å². The number of anilines is 1. The molecule has 2 heterocycles. The smallest absolute Gasteiger partial charge is 0.247 e. The summed E-state index contributed by atoms with van der Waals surface area (Å²) in [5.41, 5.74) is 3.31. The second-order valence-electron chi connectivity index (χ2n) is 6.00. The second-order valence-corrected chi connectivity index (χ2v) is 7.94. The molecule has 6 nitrogen and oxygen atoms in total. The van der Waals surface area contributed by atoms with Crippen LogP contribution < -0.4 is 10.5 Å². The highest BCUT2D eigenvalue weighted by molar-refractivity contribution is 7.89. The van der Waals surface area contributed by atoms with Crippen molar-refractivity contribution in [1.82, 2.24) is 9.29 Å². The lowest BCUT2D eigenvalue weighted by Gasteiger charge is -2.36. The van der Waals surface area contributed by atoms with Crippen LogP contribution in [0.25, 0.3) is 0 Å². The number of aryl methyl sites for hydroxylation is 1. The van der Waals surface area contributed by atoms with Crippen molar-refractivity contribution < 1.29 is 8.42 Å². The van der Waals surface area contributed by atoms with Crippen LogP contribution in [0, 0.1) is 13.8 Å². The molecule has 1 fully saturated rings. The fourth-order valence-electron chi connectivity index (χ4n) is 2.95. The SMILES string of the molecule is Cc1cccc(N2CCN(S(=O)(=O)c3ccc(=O)[nH]c3)CC2)c1C. The molecule has 0 radical (unpaired) electrons. The molecule has 0 amide bonds. The fourth-order valence-corrected chi connectivity index (χ4v) is 4.34. The van der Waals surface area contributed by atoms with Crippen LogP contribution in [0.3, 0.4) is 0 Å². The summed E-state index contributed by atoms with van der Waals surface area (Å²) < 4.78 is 26.8. The topological polar surface area (TPSA) is 73.5 Å². The van der Waals surface area contributed by atoms with Gasteiger partial charge in [0.1, 0.15) is 0 Å². The molecule has 24 heavy (non-hydrogen) atoms. The first kappa shape index (κ1) is 16.7. The minimum absolute atomic E-state index is 0.127. The summed E-state index contributed by atoms with van der Waals surface area (Å²) in [6.45, 7) is 6.31. The zero-order chi connectivity index (χ0) is 17.3. The Hall–Kier alpha value is -2.12. The van der Waals surface area contributed by atoms with Crippen LogP contribution in [-0.2, 0) is 10.0 Å². The molecule has 0 unspecified atom stereocenters. The van der Waals surface area contributed by atoms with E-state index in [1.54, 1.807) is 0 Å². The number of pyridine rings is 1. The standard InChI is InChI=1S/C17H21N3O3S/c1-13-4-3-5-16(14(13)2)19-8-10-20(11-9-19)24(22,23)15-6-7-17(21)18-12-15/h3-7,12H,8-11H2,1-2H3,(H,18,21). The van der Waals surface area contributed by atoms with Gasteiger partial charge in [0.25, 0.3) is 0 Å². The Balaban J connectivity index is 1.76. The lowest BCUT2D eigenvalue weighted by molar-refractivity contribution is 0.384. The molecule has 3 rings (SSSR count). The summed E-state index contributed by atoms with van der Waals surface area (Å²) in [4.78, 5) is 15.9. The van der Waals surface area contributed by atoms with E-state index in [9.17, 15) is 13.2 Å². The average molecular weight is 347 g/mol. The van der Waals surface area contributed by atoms with Gasteiger partial charge in [0.05, 0.1) is 4.90 Å². The molecule has 0 atom stereocenters. The maximum atomic E-state index is 12.6. The quantitative estimate of drug-likeness (QED) is 0.913. The van der Waals surface area contributed by atoms with E-state index in [0.717, 1.165) is 5.69 Å². The molecule has 1 N–H and O–H groups in total. The van der Waals surface area contributed by atoms with Crippen molar-refractivity contribution in [3.63, 3.8) is 0 Å². The van der Waals surface area contributed by atoms with Crippen molar-refractivity contribution in [2.24, 2.45) is 0 Å². The predicted molar refractivity (Wildman–Crippen MR) is 94.0 cm³/mol. The summed E-state index contributed by atoms with van der Waals surface area (Å²) in [6, 6.07) is 8.77. The van der Waals surface area contributed by atoms with Gasteiger partial charge in [0.15, 0.2) is 0 Å². The highest BCUT2D eigenvalue weighted by atomic mass is 32.2. The molecule has 128 valence electrons. The molecule has 0 saturated carbocycles. The van der Waals surface area contributed by atoms with Gasteiger partial charge in [-0.15, -0.1) is 0 Å². The number of nitrogens with one attached hydrogen (secondary N) is 1. The number of hydrogen-bond acceptors (Lipinski definition) is 4. The normalized spacial score (nSPS) is 16.3. The van der Waals surface area contributed by atoms with Gasteiger partial charge in [0.2, 0.25) is 15.6 Å². The van der Waals surface area contributed by atoms with Gasteiger partial charge in [-0.3, -0.25) is 4.79 Å². The van der Waals surface area contributed by atoms with Crippen LogP contribution in [-0.4, -0.2) is 43.9 Å². The Bertz CT molecular complexity index is 877.